The Morgan fingerprint density at radius 2 is 2.33 bits per heavy atom. The molecule has 0 fully saturated rings. The fourth-order valence-corrected chi connectivity index (χ4v) is 1.34. The fraction of sp³-hybridized carbons (Fsp3) is 0.250. The minimum atomic E-state index is 0.722. The number of aryl methyl sites for hydroxylation is 1. The predicted molar refractivity (Wildman–Crippen MR) is 48.2 cm³/mol. The number of fused-ring (bicyclic) bond motifs is 1. The molecule has 3 nitrogen and oxygen atoms in total. The van der Waals surface area contributed by atoms with Gasteiger partial charge >= 0.3 is 0 Å². The van der Waals surface area contributed by atoms with Gasteiger partial charge in [0.1, 0.15) is 5.52 Å². The zero-order chi connectivity index (χ0) is 8.55. The van der Waals surface area contributed by atoms with Crippen molar-refractivity contribution in [3.63, 3.8) is 0 Å². The zero-order valence-corrected chi connectivity index (χ0v) is 7.41. The predicted octanol–water partition coefficient (Wildman–Crippen LogP) is 2.10. The van der Waals surface area contributed by atoms with Crippen LogP contribution in [0.4, 0.5) is 0 Å². The lowest BCUT2D eigenvalue weighted by molar-refractivity contribution is 0.646. The van der Waals surface area contributed by atoms with Gasteiger partial charge in [-0.1, -0.05) is 16.8 Å². The molecule has 0 aliphatic heterocycles. The molecule has 0 aliphatic carbocycles. The van der Waals surface area contributed by atoms with E-state index < -0.39 is 0 Å². The molecule has 1 aromatic heterocycles. The number of rotatable bonds is 1. The lowest BCUT2D eigenvalue weighted by Crippen LogP contribution is -1.95. The van der Waals surface area contributed by atoms with Gasteiger partial charge in [0, 0.05) is 11.6 Å². The first-order chi connectivity index (χ1) is 5.81. The van der Waals surface area contributed by atoms with E-state index in [1.807, 2.05) is 29.8 Å². The van der Waals surface area contributed by atoms with Crippen LogP contribution in [-0.4, -0.2) is 15.0 Å². The lowest BCUT2D eigenvalue weighted by Gasteiger charge is -1.95. The van der Waals surface area contributed by atoms with Gasteiger partial charge in [-0.2, -0.15) is 0 Å². The van der Waals surface area contributed by atoms with Crippen LogP contribution in [0.2, 0.25) is 5.02 Å². The summed E-state index contributed by atoms with van der Waals surface area (Å²) in [7, 11) is 0. The van der Waals surface area contributed by atoms with E-state index in [0.717, 1.165) is 22.6 Å². The van der Waals surface area contributed by atoms with Crippen LogP contribution < -0.4 is 0 Å². The first kappa shape index (κ1) is 7.55. The SMILES string of the molecule is CCn1nnc2ccc(Cl)cc21. The van der Waals surface area contributed by atoms with E-state index in [4.69, 9.17) is 11.6 Å². The van der Waals surface area contributed by atoms with E-state index in [2.05, 4.69) is 10.3 Å². The number of aromatic nitrogens is 3. The molecule has 0 saturated heterocycles. The van der Waals surface area contributed by atoms with Gasteiger partial charge in [-0.25, -0.2) is 4.68 Å². The second-order valence-corrected chi connectivity index (χ2v) is 2.97. The summed E-state index contributed by atoms with van der Waals surface area (Å²) >= 11 is 5.84. The van der Waals surface area contributed by atoms with Crippen LogP contribution in [0.3, 0.4) is 0 Å². The second-order valence-electron chi connectivity index (χ2n) is 2.54. The molecule has 0 radical (unpaired) electrons. The summed E-state index contributed by atoms with van der Waals surface area (Å²) in [6, 6.07) is 5.57. The van der Waals surface area contributed by atoms with Gasteiger partial charge < -0.3 is 0 Å². The number of nitrogens with zero attached hydrogens (tertiary/aromatic N) is 3. The molecule has 0 amide bonds. The Bertz CT molecular complexity index is 408. The molecule has 0 aliphatic rings. The lowest BCUT2D eigenvalue weighted by atomic mass is 10.3. The Morgan fingerprint density at radius 1 is 1.50 bits per heavy atom. The first-order valence-electron chi connectivity index (χ1n) is 3.80. The van der Waals surface area contributed by atoms with Crippen molar-refractivity contribution in [3.8, 4) is 0 Å². The van der Waals surface area contributed by atoms with Crippen LogP contribution >= 0.6 is 11.6 Å². The van der Waals surface area contributed by atoms with Crippen molar-refractivity contribution in [2.45, 2.75) is 13.5 Å². The average Bonchev–Trinajstić information content (AvgIpc) is 2.46. The van der Waals surface area contributed by atoms with Crippen LogP contribution in [0.15, 0.2) is 18.2 Å². The van der Waals surface area contributed by atoms with E-state index in [-0.39, 0.29) is 0 Å². The minimum absolute atomic E-state index is 0.722. The molecule has 0 unspecified atom stereocenters. The van der Waals surface area contributed by atoms with Crippen molar-refractivity contribution >= 4 is 22.6 Å². The molecular weight excluding hydrogens is 174 g/mol. The number of hydrogen-bond acceptors (Lipinski definition) is 2. The molecule has 0 bridgehead atoms. The maximum atomic E-state index is 5.84. The summed E-state index contributed by atoms with van der Waals surface area (Å²) in [5, 5.41) is 8.67. The first-order valence-corrected chi connectivity index (χ1v) is 4.18. The Balaban J connectivity index is 2.75. The van der Waals surface area contributed by atoms with Crippen molar-refractivity contribution in [2.75, 3.05) is 0 Å². The maximum absolute atomic E-state index is 5.84. The van der Waals surface area contributed by atoms with E-state index in [1.165, 1.54) is 0 Å². The Kier molecular flexibility index (Phi) is 1.73. The molecule has 4 heteroatoms. The van der Waals surface area contributed by atoms with Crippen molar-refractivity contribution in [3.05, 3.63) is 23.2 Å². The fourth-order valence-electron chi connectivity index (χ4n) is 1.17. The Hall–Kier alpha value is -1.09. The maximum Gasteiger partial charge on any atom is 0.113 e. The van der Waals surface area contributed by atoms with E-state index in [0.29, 0.717) is 0 Å². The summed E-state index contributed by atoms with van der Waals surface area (Å²) in [6.07, 6.45) is 0. The summed E-state index contributed by atoms with van der Waals surface area (Å²) in [5.74, 6) is 0. The highest BCUT2D eigenvalue weighted by atomic mass is 35.5. The minimum Gasteiger partial charge on any atom is -0.245 e. The molecule has 2 rings (SSSR count). The van der Waals surface area contributed by atoms with Crippen LogP contribution in [-0.2, 0) is 6.54 Å². The summed E-state index contributed by atoms with van der Waals surface area (Å²) in [5.41, 5.74) is 1.88. The number of halogens is 1. The molecule has 2 aromatic rings. The number of benzene rings is 1. The molecule has 0 N–H and O–H groups in total. The highest BCUT2D eigenvalue weighted by Gasteiger charge is 2.01. The Morgan fingerprint density at radius 3 is 3.08 bits per heavy atom. The topological polar surface area (TPSA) is 30.7 Å². The van der Waals surface area contributed by atoms with Gasteiger partial charge in [-0.05, 0) is 25.1 Å². The largest absolute Gasteiger partial charge is 0.245 e. The van der Waals surface area contributed by atoms with Crippen molar-refractivity contribution in [2.24, 2.45) is 0 Å². The number of hydrogen-bond donors (Lipinski definition) is 0. The van der Waals surface area contributed by atoms with Gasteiger partial charge in [-0.15, -0.1) is 5.10 Å². The van der Waals surface area contributed by atoms with Crippen LogP contribution in [0.25, 0.3) is 11.0 Å². The molecule has 0 spiro atoms. The smallest absolute Gasteiger partial charge is 0.113 e. The molecule has 62 valence electrons. The van der Waals surface area contributed by atoms with E-state index in [9.17, 15) is 0 Å². The average molecular weight is 182 g/mol. The van der Waals surface area contributed by atoms with Crippen molar-refractivity contribution < 1.29 is 0 Å². The van der Waals surface area contributed by atoms with Crippen molar-refractivity contribution in [1.82, 2.24) is 15.0 Å². The van der Waals surface area contributed by atoms with Gasteiger partial charge in [0.2, 0.25) is 0 Å². The zero-order valence-electron chi connectivity index (χ0n) is 6.66. The third-order valence-electron chi connectivity index (χ3n) is 1.78. The normalized spacial score (nSPS) is 10.8. The standard InChI is InChI=1S/C8H8ClN3/c1-2-12-8-5-6(9)3-4-7(8)10-11-12/h3-5H,2H2,1H3. The van der Waals surface area contributed by atoms with Gasteiger partial charge in [0.15, 0.2) is 0 Å². The molecule has 12 heavy (non-hydrogen) atoms. The van der Waals surface area contributed by atoms with Gasteiger partial charge in [0.25, 0.3) is 0 Å². The van der Waals surface area contributed by atoms with Crippen molar-refractivity contribution in [1.29, 1.82) is 0 Å². The van der Waals surface area contributed by atoms with Gasteiger partial charge in [0.05, 0.1) is 5.52 Å². The quantitative estimate of drug-likeness (QED) is 0.675. The third kappa shape index (κ3) is 1.06. The molecular formula is C8H8ClN3. The highest BCUT2D eigenvalue weighted by Crippen LogP contribution is 2.16. The third-order valence-corrected chi connectivity index (χ3v) is 2.01. The summed E-state index contributed by atoms with van der Waals surface area (Å²) in [6.45, 7) is 2.84. The molecule has 1 aromatic carbocycles. The van der Waals surface area contributed by atoms with Crippen LogP contribution in [0, 0.1) is 0 Å². The Labute approximate surface area is 74.9 Å². The molecule has 0 atom stereocenters. The molecule has 0 saturated carbocycles. The highest BCUT2D eigenvalue weighted by molar-refractivity contribution is 6.31. The van der Waals surface area contributed by atoms with E-state index in [1.54, 1.807) is 0 Å². The monoisotopic (exact) mass is 181 g/mol. The second kappa shape index (κ2) is 2.75. The van der Waals surface area contributed by atoms with Crippen LogP contribution in [0.5, 0.6) is 0 Å². The van der Waals surface area contributed by atoms with Gasteiger partial charge in [-0.3, -0.25) is 0 Å². The summed E-state index contributed by atoms with van der Waals surface area (Å²) < 4.78 is 1.82. The summed E-state index contributed by atoms with van der Waals surface area (Å²) in [4.78, 5) is 0. The molecule has 1 heterocycles. The van der Waals surface area contributed by atoms with E-state index >= 15 is 0 Å². The van der Waals surface area contributed by atoms with Crippen LogP contribution in [0.1, 0.15) is 6.92 Å².